The predicted octanol–water partition coefficient (Wildman–Crippen LogP) is 0.734. The number of unbranched alkanes of at least 4 members (excludes halogenated alkanes) is 1. The first kappa shape index (κ1) is 9.97. The number of rotatable bonds is 5. The highest BCUT2D eigenvalue weighted by atomic mass is 16.7. The summed E-state index contributed by atoms with van der Waals surface area (Å²) in [7, 11) is 0. The van der Waals surface area contributed by atoms with E-state index in [0.29, 0.717) is 6.61 Å². The first-order valence-corrected chi connectivity index (χ1v) is 3.45. The monoisotopic (exact) mass is 159 g/mol. The highest BCUT2D eigenvalue weighted by Crippen LogP contribution is 1.97. The van der Waals surface area contributed by atoms with Crippen molar-refractivity contribution in [3.05, 3.63) is 12.3 Å². The molecule has 0 aliphatic carbocycles. The molecule has 0 aliphatic rings. The molecule has 0 heterocycles. The van der Waals surface area contributed by atoms with Crippen LogP contribution in [0.3, 0.4) is 0 Å². The number of carbonyl (C=O) groups excluding carboxylic acids is 1. The molecule has 0 spiro atoms. The first-order chi connectivity index (χ1) is 5.22. The number of nitrogens with two attached hydrogens (primary N) is 1. The summed E-state index contributed by atoms with van der Waals surface area (Å²) in [5, 5.41) is 0. The quantitative estimate of drug-likeness (QED) is 0.278. The van der Waals surface area contributed by atoms with Crippen molar-refractivity contribution in [2.75, 3.05) is 6.61 Å². The Hall–Kier alpha value is -1.03. The van der Waals surface area contributed by atoms with E-state index in [1.165, 1.54) is 0 Å². The second-order valence-corrected chi connectivity index (χ2v) is 2.03. The van der Waals surface area contributed by atoms with Crippen LogP contribution in [-0.4, -0.2) is 12.6 Å². The fourth-order valence-electron chi connectivity index (χ4n) is 0.464. The molecular weight excluding hydrogens is 146 g/mol. The van der Waals surface area contributed by atoms with Crippen LogP contribution in [0, 0.1) is 0 Å². The van der Waals surface area contributed by atoms with Crippen molar-refractivity contribution in [3.63, 3.8) is 0 Å². The molecule has 0 amide bonds. The Balaban J connectivity index is 3.44. The van der Waals surface area contributed by atoms with Gasteiger partial charge >= 0.3 is 5.97 Å². The van der Waals surface area contributed by atoms with Crippen molar-refractivity contribution in [1.82, 2.24) is 0 Å². The molecule has 0 unspecified atom stereocenters. The number of hydrogen-bond acceptors (Lipinski definition) is 4. The van der Waals surface area contributed by atoms with Crippen molar-refractivity contribution in [3.8, 4) is 0 Å². The van der Waals surface area contributed by atoms with E-state index in [-0.39, 0.29) is 5.76 Å². The average molecular weight is 159 g/mol. The zero-order chi connectivity index (χ0) is 8.69. The molecule has 0 bridgehead atoms. The minimum Gasteiger partial charge on any atom is -0.487 e. The second kappa shape index (κ2) is 5.73. The molecule has 0 saturated heterocycles. The molecule has 0 fully saturated rings. The summed E-state index contributed by atoms with van der Waals surface area (Å²) in [6.07, 6.45) is 1.89. The molecule has 2 N–H and O–H groups in total. The van der Waals surface area contributed by atoms with E-state index in [4.69, 9.17) is 4.74 Å². The van der Waals surface area contributed by atoms with Gasteiger partial charge in [-0.3, -0.25) is 0 Å². The maximum absolute atomic E-state index is 10.5. The third kappa shape index (κ3) is 4.38. The van der Waals surface area contributed by atoms with Crippen molar-refractivity contribution in [2.24, 2.45) is 5.90 Å². The normalized spacial score (nSPS) is 8.91. The Morgan fingerprint density at radius 3 is 2.73 bits per heavy atom. The Morgan fingerprint density at radius 2 is 2.27 bits per heavy atom. The first-order valence-electron chi connectivity index (χ1n) is 3.45. The lowest BCUT2D eigenvalue weighted by molar-refractivity contribution is -0.143. The fraction of sp³-hybridized carbons (Fsp3) is 0.571. The smallest absolute Gasteiger partial charge is 0.391 e. The summed E-state index contributed by atoms with van der Waals surface area (Å²) in [4.78, 5) is 14.4. The van der Waals surface area contributed by atoms with Crippen LogP contribution < -0.4 is 5.90 Å². The molecule has 0 saturated carbocycles. The fourth-order valence-corrected chi connectivity index (χ4v) is 0.464. The van der Waals surface area contributed by atoms with Gasteiger partial charge in [0.1, 0.15) is 0 Å². The maximum Gasteiger partial charge on any atom is 0.391 e. The Bertz CT molecular complexity index is 145. The maximum atomic E-state index is 10.5. The molecule has 64 valence electrons. The molecule has 11 heavy (non-hydrogen) atoms. The van der Waals surface area contributed by atoms with Gasteiger partial charge in [0, 0.05) is 0 Å². The summed E-state index contributed by atoms with van der Waals surface area (Å²) in [5.74, 6) is 3.82. The average Bonchev–Trinajstić information content (AvgIpc) is 2.03. The van der Waals surface area contributed by atoms with Crippen LogP contribution >= 0.6 is 0 Å². The largest absolute Gasteiger partial charge is 0.487 e. The van der Waals surface area contributed by atoms with E-state index in [1.807, 2.05) is 6.92 Å². The molecular formula is C7H13NO3. The van der Waals surface area contributed by atoms with Crippen molar-refractivity contribution in [1.29, 1.82) is 0 Å². The zero-order valence-corrected chi connectivity index (χ0v) is 6.63. The lowest BCUT2D eigenvalue weighted by Crippen LogP contribution is -2.14. The lowest BCUT2D eigenvalue weighted by Gasteiger charge is -2.04. The van der Waals surface area contributed by atoms with Crippen LogP contribution in [0.25, 0.3) is 0 Å². The highest BCUT2D eigenvalue weighted by Gasteiger charge is 2.06. The summed E-state index contributed by atoms with van der Waals surface area (Å²) in [6.45, 7) is 5.82. The van der Waals surface area contributed by atoms with Gasteiger partial charge in [0.2, 0.25) is 0 Å². The van der Waals surface area contributed by atoms with E-state index >= 15 is 0 Å². The van der Waals surface area contributed by atoms with Gasteiger partial charge in [-0.25, -0.2) is 4.79 Å². The lowest BCUT2D eigenvalue weighted by atomic mass is 10.4. The van der Waals surface area contributed by atoms with Gasteiger partial charge in [-0.05, 0) is 13.0 Å². The molecule has 0 aliphatic heterocycles. The van der Waals surface area contributed by atoms with E-state index in [2.05, 4.69) is 17.3 Å². The molecule has 0 radical (unpaired) electrons. The minimum absolute atomic E-state index is 0.0408. The SMILES string of the molecule is C=C(OCCCC)C(=O)ON. The Labute approximate surface area is 65.9 Å². The van der Waals surface area contributed by atoms with Gasteiger partial charge in [0.25, 0.3) is 0 Å². The summed E-state index contributed by atoms with van der Waals surface area (Å²) in [5.41, 5.74) is 0. The second-order valence-electron chi connectivity index (χ2n) is 2.03. The van der Waals surface area contributed by atoms with Crippen LogP contribution in [0.1, 0.15) is 19.8 Å². The van der Waals surface area contributed by atoms with Crippen LogP contribution in [0.15, 0.2) is 12.3 Å². The number of ether oxygens (including phenoxy) is 1. The number of hydrogen-bond donors (Lipinski definition) is 1. The van der Waals surface area contributed by atoms with Crippen LogP contribution in [-0.2, 0) is 14.4 Å². The van der Waals surface area contributed by atoms with E-state index < -0.39 is 5.97 Å². The van der Waals surface area contributed by atoms with Gasteiger partial charge < -0.3 is 9.57 Å². The third-order valence-electron chi connectivity index (χ3n) is 1.11. The molecule has 0 aromatic heterocycles. The molecule has 0 aromatic rings. The van der Waals surface area contributed by atoms with Crippen molar-refractivity contribution >= 4 is 5.97 Å². The van der Waals surface area contributed by atoms with Gasteiger partial charge in [-0.1, -0.05) is 13.3 Å². The summed E-state index contributed by atoms with van der Waals surface area (Å²) in [6, 6.07) is 0. The van der Waals surface area contributed by atoms with Crippen LogP contribution in [0.5, 0.6) is 0 Å². The van der Waals surface area contributed by atoms with E-state index in [0.717, 1.165) is 12.8 Å². The Kier molecular flexibility index (Phi) is 5.20. The van der Waals surface area contributed by atoms with Crippen LogP contribution in [0.4, 0.5) is 0 Å². The van der Waals surface area contributed by atoms with Crippen molar-refractivity contribution < 1.29 is 14.4 Å². The predicted molar refractivity (Wildman–Crippen MR) is 40.3 cm³/mol. The number of carbonyl (C=O) groups is 1. The van der Waals surface area contributed by atoms with E-state index in [9.17, 15) is 4.79 Å². The summed E-state index contributed by atoms with van der Waals surface area (Å²) < 4.78 is 4.89. The minimum atomic E-state index is -0.721. The molecule has 0 aromatic carbocycles. The van der Waals surface area contributed by atoms with E-state index in [1.54, 1.807) is 0 Å². The van der Waals surface area contributed by atoms with Gasteiger partial charge in [0.05, 0.1) is 6.61 Å². The van der Waals surface area contributed by atoms with Crippen molar-refractivity contribution in [2.45, 2.75) is 19.8 Å². The molecule has 0 atom stereocenters. The van der Waals surface area contributed by atoms with Crippen LogP contribution in [0.2, 0.25) is 0 Å². The molecule has 0 rings (SSSR count). The summed E-state index contributed by atoms with van der Waals surface area (Å²) >= 11 is 0. The highest BCUT2D eigenvalue weighted by molar-refractivity contribution is 5.85. The van der Waals surface area contributed by atoms with Gasteiger partial charge in [0.15, 0.2) is 5.76 Å². The molecule has 4 heteroatoms. The third-order valence-corrected chi connectivity index (χ3v) is 1.11. The van der Waals surface area contributed by atoms with Gasteiger partial charge in [-0.2, -0.15) is 5.90 Å². The Morgan fingerprint density at radius 1 is 1.64 bits per heavy atom. The topological polar surface area (TPSA) is 61.5 Å². The molecule has 4 nitrogen and oxygen atoms in total. The van der Waals surface area contributed by atoms with Gasteiger partial charge in [-0.15, -0.1) is 0 Å². The standard InChI is InChI=1S/C7H13NO3/c1-3-4-5-10-6(2)7(9)11-8/h2-5,8H2,1H3. The zero-order valence-electron chi connectivity index (χ0n) is 6.63.